The van der Waals surface area contributed by atoms with Gasteiger partial charge >= 0.3 is 11.9 Å². The molecule has 0 aliphatic rings. The van der Waals surface area contributed by atoms with E-state index in [0.717, 1.165) is 0 Å². The minimum Gasteiger partial charge on any atom is -0.478 e. The second-order valence-corrected chi connectivity index (χ2v) is 3.35. The third-order valence-corrected chi connectivity index (χ3v) is 2.36. The van der Waals surface area contributed by atoms with Gasteiger partial charge in [0.15, 0.2) is 0 Å². The van der Waals surface area contributed by atoms with Crippen molar-refractivity contribution in [3.8, 4) is 0 Å². The molecule has 0 heterocycles. The molecule has 0 aliphatic carbocycles. The lowest BCUT2D eigenvalue weighted by Crippen LogP contribution is -1.99. The predicted octanol–water partition coefficient (Wildman–Crippen LogP) is 2.24. The molecule has 2 aromatic rings. The topological polar surface area (TPSA) is 74.6 Å². The molecular weight excluding hydrogens is 208 g/mol. The van der Waals surface area contributed by atoms with Gasteiger partial charge in [0.2, 0.25) is 0 Å². The molecule has 0 fully saturated rings. The number of aromatic carboxylic acids is 2. The fraction of sp³-hybridized carbons (Fsp3) is 0. The molecule has 2 N–H and O–H groups in total. The Morgan fingerprint density at radius 2 is 1.69 bits per heavy atom. The zero-order valence-corrected chi connectivity index (χ0v) is 8.18. The fourth-order valence-electron chi connectivity index (χ4n) is 1.60. The minimum atomic E-state index is -1.03. The van der Waals surface area contributed by atoms with E-state index in [1.54, 1.807) is 12.1 Å². The summed E-state index contributed by atoms with van der Waals surface area (Å²) in [5, 5.41) is 18.9. The summed E-state index contributed by atoms with van der Waals surface area (Å²) in [7, 11) is 0. The van der Waals surface area contributed by atoms with Gasteiger partial charge < -0.3 is 10.2 Å². The monoisotopic (exact) mass is 216 g/mol. The molecular formula is C12H8O4. The third-order valence-electron chi connectivity index (χ3n) is 2.36. The van der Waals surface area contributed by atoms with Gasteiger partial charge in [0.05, 0.1) is 11.1 Å². The molecule has 2 aromatic carbocycles. The van der Waals surface area contributed by atoms with Crippen molar-refractivity contribution in [3.63, 3.8) is 0 Å². The van der Waals surface area contributed by atoms with Crippen molar-refractivity contribution in [2.45, 2.75) is 0 Å². The Morgan fingerprint density at radius 1 is 0.938 bits per heavy atom. The summed E-state index contributed by atoms with van der Waals surface area (Å²) < 4.78 is 0. The number of hydrogen-bond acceptors (Lipinski definition) is 2. The van der Waals surface area contributed by atoms with Gasteiger partial charge in [-0.3, -0.25) is 0 Å². The standard InChI is InChI=1S/C12H8O4/c13-11(14)8-4-5-9-7(6-8)2-1-3-10(9)12(15)16/h1-6H,(H,13,14)(H,15,16). The van der Waals surface area contributed by atoms with Gasteiger partial charge in [-0.05, 0) is 29.0 Å². The van der Waals surface area contributed by atoms with Crippen LogP contribution in [0, 0.1) is 0 Å². The van der Waals surface area contributed by atoms with Crippen LogP contribution in [-0.2, 0) is 0 Å². The molecule has 0 saturated carbocycles. The molecule has 0 saturated heterocycles. The zero-order chi connectivity index (χ0) is 11.7. The predicted molar refractivity (Wildman–Crippen MR) is 57.9 cm³/mol. The van der Waals surface area contributed by atoms with Crippen LogP contribution < -0.4 is 0 Å². The second kappa shape index (κ2) is 3.66. The summed E-state index contributed by atoms with van der Waals surface area (Å²) in [4.78, 5) is 21.7. The van der Waals surface area contributed by atoms with Crippen molar-refractivity contribution in [3.05, 3.63) is 47.5 Å². The lowest BCUT2D eigenvalue weighted by atomic mass is 10.0. The Hall–Kier alpha value is -2.36. The summed E-state index contributed by atoms with van der Waals surface area (Å²) in [5.41, 5.74) is 0.324. The highest BCUT2D eigenvalue weighted by Gasteiger charge is 2.09. The first-order valence-electron chi connectivity index (χ1n) is 4.59. The van der Waals surface area contributed by atoms with Crippen molar-refractivity contribution >= 4 is 22.7 Å². The normalized spacial score (nSPS) is 10.2. The maximum absolute atomic E-state index is 10.9. The number of hydrogen-bond donors (Lipinski definition) is 2. The highest BCUT2D eigenvalue weighted by molar-refractivity contribution is 6.05. The number of carboxylic acid groups (broad SMARTS) is 2. The second-order valence-electron chi connectivity index (χ2n) is 3.35. The molecule has 0 atom stereocenters. The van der Waals surface area contributed by atoms with Crippen LogP contribution in [0.3, 0.4) is 0 Å². The van der Waals surface area contributed by atoms with Crippen LogP contribution in [0.25, 0.3) is 10.8 Å². The Balaban J connectivity index is 2.73. The molecule has 0 spiro atoms. The average molecular weight is 216 g/mol. The fourth-order valence-corrected chi connectivity index (χ4v) is 1.60. The highest BCUT2D eigenvalue weighted by atomic mass is 16.4. The molecule has 0 aromatic heterocycles. The van der Waals surface area contributed by atoms with Gasteiger partial charge in [-0.15, -0.1) is 0 Å². The van der Waals surface area contributed by atoms with E-state index in [1.165, 1.54) is 24.3 Å². The smallest absolute Gasteiger partial charge is 0.336 e. The summed E-state index contributed by atoms with van der Waals surface area (Å²) in [5.74, 6) is -2.05. The quantitative estimate of drug-likeness (QED) is 0.807. The number of fused-ring (bicyclic) bond motifs is 1. The van der Waals surface area contributed by atoms with Crippen LogP contribution in [0.15, 0.2) is 36.4 Å². The number of carboxylic acids is 2. The summed E-state index contributed by atoms with van der Waals surface area (Å²) in [6.45, 7) is 0. The summed E-state index contributed by atoms with van der Waals surface area (Å²) >= 11 is 0. The maximum atomic E-state index is 10.9. The first kappa shape index (κ1) is 10.2. The van der Waals surface area contributed by atoms with Crippen LogP contribution in [0.2, 0.25) is 0 Å². The van der Waals surface area contributed by atoms with Crippen molar-refractivity contribution in [1.29, 1.82) is 0 Å². The SMILES string of the molecule is O=C(O)c1ccc2c(C(=O)O)cccc2c1. The Morgan fingerprint density at radius 3 is 2.31 bits per heavy atom. The van der Waals surface area contributed by atoms with E-state index in [1.807, 2.05) is 0 Å². The van der Waals surface area contributed by atoms with Crippen LogP contribution in [0.5, 0.6) is 0 Å². The van der Waals surface area contributed by atoms with Crippen LogP contribution in [0.4, 0.5) is 0 Å². The molecule has 80 valence electrons. The van der Waals surface area contributed by atoms with Gasteiger partial charge in [0, 0.05) is 0 Å². The van der Waals surface area contributed by atoms with Gasteiger partial charge in [-0.1, -0.05) is 18.2 Å². The third kappa shape index (κ3) is 1.61. The largest absolute Gasteiger partial charge is 0.478 e. The minimum absolute atomic E-state index is 0.148. The number of carbonyl (C=O) groups is 2. The van der Waals surface area contributed by atoms with E-state index in [9.17, 15) is 9.59 Å². The molecule has 0 unspecified atom stereocenters. The van der Waals surface area contributed by atoms with Crippen LogP contribution in [0.1, 0.15) is 20.7 Å². The highest BCUT2D eigenvalue weighted by Crippen LogP contribution is 2.20. The van der Waals surface area contributed by atoms with Crippen molar-refractivity contribution in [2.24, 2.45) is 0 Å². The molecule has 0 bridgehead atoms. The maximum Gasteiger partial charge on any atom is 0.336 e. The first-order chi connectivity index (χ1) is 7.59. The Bertz CT molecular complexity index is 587. The number of rotatable bonds is 2. The molecule has 4 nitrogen and oxygen atoms in total. The van der Waals surface area contributed by atoms with Gasteiger partial charge in [-0.2, -0.15) is 0 Å². The van der Waals surface area contributed by atoms with E-state index < -0.39 is 11.9 Å². The summed E-state index contributed by atoms with van der Waals surface area (Å²) in [6, 6.07) is 9.15. The molecule has 0 aliphatic heterocycles. The van der Waals surface area contributed by atoms with E-state index in [4.69, 9.17) is 10.2 Å². The van der Waals surface area contributed by atoms with Crippen molar-refractivity contribution in [1.82, 2.24) is 0 Å². The van der Waals surface area contributed by atoms with Crippen LogP contribution in [-0.4, -0.2) is 22.2 Å². The Kier molecular flexibility index (Phi) is 2.32. The van der Waals surface area contributed by atoms with Crippen molar-refractivity contribution < 1.29 is 19.8 Å². The Labute approximate surface area is 90.8 Å². The van der Waals surface area contributed by atoms with Gasteiger partial charge in [0.25, 0.3) is 0 Å². The molecule has 16 heavy (non-hydrogen) atoms. The van der Waals surface area contributed by atoms with E-state index in [2.05, 4.69) is 0 Å². The molecule has 2 rings (SSSR count). The molecule has 0 amide bonds. The summed E-state index contributed by atoms with van der Waals surface area (Å²) in [6.07, 6.45) is 0. The van der Waals surface area contributed by atoms with E-state index in [-0.39, 0.29) is 11.1 Å². The van der Waals surface area contributed by atoms with Crippen molar-refractivity contribution in [2.75, 3.05) is 0 Å². The van der Waals surface area contributed by atoms with E-state index in [0.29, 0.717) is 10.8 Å². The van der Waals surface area contributed by atoms with Crippen LogP contribution >= 0.6 is 0 Å². The average Bonchev–Trinajstić information content (AvgIpc) is 2.27. The van der Waals surface area contributed by atoms with E-state index >= 15 is 0 Å². The first-order valence-corrected chi connectivity index (χ1v) is 4.59. The molecule has 0 radical (unpaired) electrons. The van der Waals surface area contributed by atoms with Gasteiger partial charge in [-0.25, -0.2) is 9.59 Å². The molecule has 4 heteroatoms. The lowest BCUT2D eigenvalue weighted by Gasteiger charge is -2.03. The zero-order valence-electron chi connectivity index (χ0n) is 8.18. The van der Waals surface area contributed by atoms with Gasteiger partial charge in [0.1, 0.15) is 0 Å². The lowest BCUT2D eigenvalue weighted by molar-refractivity contribution is 0.0688. The number of benzene rings is 2.